The number of nitriles is 1. The molecule has 5 aromatic rings. The number of imidazole rings is 2. The number of rotatable bonds is 5. The first-order valence-corrected chi connectivity index (χ1v) is 10.5. The third-order valence-corrected chi connectivity index (χ3v) is 5.41. The summed E-state index contributed by atoms with van der Waals surface area (Å²) in [4.78, 5) is 13.8. The van der Waals surface area contributed by atoms with Crippen LogP contribution in [0.15, 0.2) is 73.2 Å². The van der Waals surface area contributed by atoms with Crippen molar-refractivity contribution < 1.29 is 4.39 Å². The molecule has 0 spiro atoms. The molecule has 0 saturated carbocycles. The Morgan fingerprint density at radius 2 is 1.88 bits per heavy atom. The Morgan fingerprint density at radius 3 is 2.67 bits per heavy atom. The van der Waals surface area contributed by atoms with Crippen LogP contribution < -0.4 is 5.32 Å². The molecule has 1 atom stereocenters. The zero-order chi connectivity index (χ0) is 22.9. The summed E-state index contributed by atoms with van der Waals surface area (Å²) in [5.41, 5.74) is 4.64. The van der Waals surface area contributed by atoms with Crippen LogP contribution in [0.2, 0.25) is 0 Å². The van der Waals surface area contributed by atoms with Crippen LogP contribution in [0.4, 0.5) is 10.1 Å². The normalized spacial score (nSPS) is 11.9. The molecule has 1 unspecified atom stereocenters. The van der Waals surface area contributed by atoms with Gasteiger partial charge in [0.2, 0.25) is 0 Å². The van der Waals surface area contributed by atoms with Gasteiger partial charge in [-0.15, -0.1) is 0 Å². The highest BCUT2D eigenvalue weighted by molar-refractivity contribution is 5.57. The summed E-state index contributed by atoms with van der Waals surface area (Å²) in [6.07, 6.45) is 5.30. The van der Waals surface area contributed by atoms with Crippen LogP contribution in [0.3, 0.4) is 0 Å². The highest BCUT2D eigenvalue weighted by Gasteiger charge is 2.18. The van der Waals surface area contributed by atoms with Crippen molar-refractivity contribution in [2.45, 2.75) is 19.9 Å². The zero-order valence-corrected chi connectivity index (χ0v) is 18.1. The Bertz CT molecular complexity index is 1510. The topological polar surface area (TPSA) is 83.8 Å². The molecule has 1 N–H and O–H groups in total. The fourth-order valence-electron chi connectivity index (χ4n) is 3.73. The summed E-state index contributed by atoms with van der Waals surface area (Å²) >= 11 is 0. The van der Waals surface area contributed by atoms with Crippen molar-refractivity contribution in [1.29, 1.82) is 5.26 Å². The van der Waals surface area contributed by atoms with Gasteiger partial charge in [0.25, 0.3) is 0 Å². The Labute approximate surface area is 189 Å². The van der Waals surface area contributed by atoms with Crippen molar-refractivity contribution in [2.24, 2.45) is 0 Å². The van der Waals surface area contributed by atoms with Crippen molar-refractivity contribution in [2.75, 3.05) is 5.32 Å². The van der Waals surface area contributed by atoms with E-state index in [1.165, 1.54) is 6.07 Å². The minimum atomic E-state index is -0.320. The third kappa shape index (κ3) is 3.81. The lowest BCUT2D eigenvalue weighted by molar-refractivity contribution is 0.627. The van der Waals surface area contributed by atoms with Gasteiger partial charge in [-0.2, -0.15) is 5.26 Å². The largest absolute Gasteiger partial charge is 0.375 e. The minimum Gasteiger partial charge on any atom is -0.375 e. The molecule has 5 rings (SSSR count). The van der Waals surface area contributed by atoms with Gasteiger partial charge in [0.15, 0.2) is 5.82 Å². The molecule has 4 aromatic heterocycles. The van der Waals surface area contributed by atoms with Gasteiger partial charge in [-0.05, 0) is 50.2 Å². The maximum atomic E-state index is 14.2. The number of aromatic nitrogens is 5. The SMILES string of the molecule is Cc1cccc(-c2nc(C(C)Nc3ccccc3F)cn2-c2ccc3ncc(C#N)n3c2)n1. The molecule has 0 aliphatic carbocycles. The van der Waals surface area contributed by atoms with Crippen LogP contribution in [0.25, 0.3) is 22.9 Å². The van der Waals surface area contributed by atoms with Crippen LogP contribution >= 0.6 is 0 Å². The molecular formula is C25H20FN7. The average molecular weight is 437 g/mol. The van der Waals surface area contributed by atoms with E-state index in [2.05, 4.69) is 21.4 Å². The van der Waals surface area contributed by atoms with Gasteiger partial charge >= 0.3 is 0 Å². The number of hydrogen-bond donors (Lipinski definition) is 1. The number of nitrogens with one attached hydrogen (secondary N) is 1. The predicted octanol–water partition coefficient (Wildman–Crippen LogP) is 5.07. The molecule has 0 aliphatic rings. The Morgan fingerprint density at radius 1 is 1.03 bits per heavy atom. The van der Waals surface area contributed by atoms with Crippen LogP contribution in [-0.2, 0) is 0 Å². The molecule has 0 bridgehead atoms. The standard InChI is InChI=1S/C25H20FN7/c1-16-6-5-9-22(29-16)25-31-23(17(2)30-21-8-4-3-7-20(21)26)15-33(25)18-10-11-24-28-13-19(12-27)32(24)14-18/h3-11,13-15,17,30H,1-2H3. The number of fused-ring (bicyclic) bond motifs is 1. The summed E-state index contributed by atoms with van der Waals surface area (Å²) in [6.45, 7) is 3.86. The van der Waals surface area contributed by atoms with E-state index in [1.807, 2.05) is 61.1 Å². The zero-order valence-electron chi connectivity index (χ0n) is 18.1. The van der Waals surface area contributed by atoms with E-state index in [1.54, 1.807) is 28.8 Å². The molecule has 0 aliphatic heterocycles. The van der Waals surface area contributed by atoms with Crippen molar-refractivity contribution in [3.05, 3.63) is 96.1 Å². The monoisotopic (exact) mass is 437 g/mol. The summed E-state index contributed by atoms with van der Waals surface area (Å²) < 4.78 is 17.8. The Kier molecular flexibility index (Phi) is 5.07. The highest BCUT2D eigenvalue weighted by Crippen LogP contribution is 2.27. The quantitative estimate of drug-likeness (QED) is 0.415. The molecule has 1 aromatic carbocycles. The first kappa shape index (κ1) is 20.4. The predicted molar refractivity (Wildman–Crippen MR) is 123 cm³/mol. The fraction of sp³-hybridized carbons (Fsp3) is 0.120. The second kappa shape index (κ2) is 8.20. The van der Waals surface area contributed by atoms with Crippen LogP contribution in [0, 0.1) is 24.1 Å². The lowest BCUT2D eigenvalue weighted by Crippen LogP contribution is -2.08. The summed E-state index contributed by atoms with van der Waals surface area (Å²) in [5, 5.41) is 12.6. The number of aryl methyl sites for hydroxylation is 1. The first-order valence-electron chi connectivity index (χ1n) is 10.5. The number of anilines is 1. The molecule has 0 radical (unpaired) electrons. The fourth-order valence-corrected chi connectivity index (χ4v) is 3.73. The average Bonchev–Trinajstić information content (AvgIpc) is 3.44. The maximum Gasteiger partial charge on any atom is 0.163 e. The molecule has 0 saturated heterocycles. The van der Waals surface area contributed by atoms with Gasteiger partial charge in [-0.3, -0.25) is 8.97 Å². The number of benzene rings is 1. The van der Waals surface area contributed by atoms with Crippen molar-refractivity contribution in [1.82, 2.24) is 23.9 Å². The molecule has 7 nitrogen and oxygen atoms in total. The van der Waals surface area contributed by atoms with Gasteiger partial charge < -0.3 is 5.32 Å². The molecule has 33 heavy (non-hydrogen) atoms. The smallest absolute Gasteiger partial charge is 0.163 e. The second-order valence-corrected chi connectivity index (χ2v) is 7.74. The van der Waals surface area contributed by atoms with E-state index in [9.17, 15) is 9.65 Å². The molecule has 4 heterocycles. The first-order chi connectivity index (χ1) is 16.0. The molecule has 0 amide bonds. The minimum absolute atomic E-state index is 0.265. The van der Waals surface area contributed by atoms with Gasteiger partial charge in [0.05, 0.1) is 29.3 Å². The molecule has 8 heteroatoms. The third-order valence-electron chi connectivity index (χ3n) is 5.41. The lowest BCUT2D eigenvalue weighted by atomic mass is 10.2. The Hall–Kier alpha value is -4.51. The van der Waals surface area contributed by atoms with E-state index in [0.717, 1.165) is 17.1 Å². The van der Waals surface area contributed by atoms with Crippen LogP contribution in [0.5, 0.6) is 0 Å². The molecule has 0 fully saturated rings. The van der Waals surface area contributed by atoms with E-state index in [0.29, 0.717) is 28.5 Å². The number of para-hydroxylation sites is 1. The summed E-state index contributed by atoms with van der Waals surface area (Å²) in [5.74, 6) is 0.327. The van der Waals surface area contributed by atoms with E-state index in [4.69, 9.17) is 4.98 Å². The van der Waals surface area contributed by atoms with E-state index < -0.39 is 0 Å². The molecule has 162 valence electrons. The lowest BCUT2D eigenvalue weighted by Gasteiger charge is -2.13. The maximum absolute atomic E-state index is 14.2. The van der Waals surface area contributed by atoms with Crippen LogP contribution in [-0.4, -0.2) is 23.9 Å². The van der Waals surface area contributed by atoms with Gasteiger partial charge in [-0.25, -0.2) is 19.3 Å². The van der Waals surface area contributed by atoms with Gasteiger partial charge in [0.1, 0.15) is 28.9 Å². The van der Waals surface area contributed by atoms with E-state index in [-0.39, 0.29) is 11.9 Å². The number of nitrogens with zero attached hydrogens (tertiary/aromatic N) is 6. The van der Waals surface area contributed by atoms with Gasteiger partial charge in [0, 0.05) is 18.1 Å². The summed E-state index contributed by atoms with van der Waals surface area (Å²) in [7, 11) is 0. The number of pyridine rings is 2. The van der Waals surface area contributed by atoms with Gasteiger partial charge in [-0.1, -0.05) is 18.2 Å². The Balaban J connectivity index is 1.63. The summed E-state index contributed by atoms with van der Waals surface area (Å²) in [6, 6.07) is 18.0. The highest BCUT2D eigenvalue weighted by atomic mass is 19.1. The number of halogens is 1. The van der Waals surface area contributed by atoms with Crippen molar-refractivity contribution >= 4 is 11.3 Å². The second-order valence-electron chi connectivity index (χ2n) is 7.74. The van der Waals surface area contributed by atoms with Crippen molar-refractivity contribution in [3.63, 3.8) is 0 Å². The van der Waals surface area contributed by atoms with Crippen LogP contribution in [0.1, 0.15) is 30.0 Å². The van der Waals surface area contributed by atoms with E-state index >= 15 is 0 Å². The molecular weight excluding hydrogens is 417 g/mol. The van der Waals surface area contributed by atoms with Crippen molar-refractivity contribution in [3.8, 4) is 23.3 Å². The number of hydrogen-bond acceptors (Lipinski definition) is 5.